The van der Waals surface area contributed by atoms with Gasteiger partial charge in [0.05, 0.1) is 12.4 Å². The van der Waals surface area contributed by atoms with Gasteiger partial charge in [-0.2, -0.15) is 0 Å². The number of benzene rings is 2. The molecule has 3 nitrogen and oxygen atoms in total. The molecule has 2 aromatic carbocycles. The van der Waals surface area contributed by atoms with E-state index in [2.05, 4.69) is 58.9 Å². The lowest BCUT2D eigenvalue weighted by Gasteiger charge is -2.42. The number of aryl methyl sites for hydroxylation is 1. The molecule has 0 aromatic heterocycles. The van der Waals surface area contributed by atoms with Gasteiger partial charge in [-0.25, -0.2) is 0 Å². The Labute approximate surface area is 186 Å². The van der Waals surface area contributed by atoms with Gasteiger partial charge >= 0.3 is 0 Å². The number of hydrogen-bond acceptors (Lipinski definition) is 3. The summed E-state index contributed by atoms with van der Waals surface area (Å²) in [5.41, 5.74) is 7.56. The van der Waals surface area contributed by atoms with Crippen LogP contribution in [0.2, 0.25) is 0 Å². The molecule has 1 N–H and O–H groups in total. The van der Waals surface area contributed by atoms with Crippen LogP contribution in [0.5, 0.6) is 0 Å². The fraction of sp³-hybridized carbons (Fsp3) is 0.464. The number of fused-ring (bicyclic) bond motifs is 1. The molecule has 4 rings (SSSR count). The number of allylic oxidation sites excluding steroid dienone is 1. The summed E-state index contributed by atoms with van der Waals surface area (Å²) >= 11 is 0. The highest BCUT2D eigenvalue weighted by Crippen LogP contribution is 2.51. The van der Waals surface area contributed by atoms with Crippen molar-refractivity contribution in [3.05, 3.63) is 75.5 Å². The molecular formula is C28H34O3. The Morgan fingerprint density at radius 1 is 1.00 bits per heavy atom. The highest BCUT2D eigenvalue weighted by atomic mass is 16.6. The summed E-state index contributed by atoms with van der Waals surface area (Å²) in [5.74, 6) is 0.229. The summed E-state index contributed by atoms with van der Waals surface area (Å²) in [6.07, 6.45) is 5.66. The topological polar surface area (TPSA) is 49.8 Å². The van der Waals surface area contributed by atoms with E-state index in [0.29, 0.717) is 19.4 Å². The maximum atomic E-state index is 10.5. The summed E-state index contributed by atoms with van der Waals surface area (Å²) < 4.78 is 6.13. The third kappa shape index (κ3) is 3.96. The second-order valence-electron chi connectivity index (χ2n) is 10.6. The van der Waals surface area contributed by atoms with Gasteiger partial charge in [0.15, 0.2) is 0 Å². The molecule has 0 amide bonds. The third-order valence-electron chi connectivity index (χ3n) is 7.29. The molecule has 0 saturated carbocycles. The Morgan fingerprint density at radius 3 is 2.13 bits per heavy atom. The van der Waals surface area contributed by atoms with E-state index in [1.54, 1.807) is 6.08 Å². The first-order valence-electron chi connectivity index (χ1n) is 11.3. The summed E-state index contributed by atoms with van der Waals surface area (Å²) in [5, 5.41) is 9.97. The zero-order valence-corrected chi connectivity index (χ0v) is 19.4. The van der Waals surface area contributed by atoms with Crippen LogP contribution in [0.3, 0.4) is 0 Å². The molecule has 2 aliphatic rings. The van der Waals surface area contributed by atoms with E-state index < -0.39 is 0 Å². The summed E-state index contributed by atoms with van der Waals surface area (Å²) in [6.45, 7) is 12.3. The van der Waals surface area contributed by atoms with Crippen molar-refractivity contribution in [2.75, 3.05) is 6.61 Å². The predicted molar refractivity (Wildman–Crippen MR) is 126 cm³/mol. The maximum Gasteiger partial charge on any atom is 0.142 e. The van der Waals surface area contributed by atoms with E-state index in [4.69, 9.17) is 4.74 Å². The van der Waals surface area contributed by atoms with E-state index in [9.17, 15) is 9.90 Å². The summed E-state index contributed by atoms with van der Waals surface area (Å²) in [4.78, 5) is 10.5. The Kier molecular flexibility index (Phi) is 5.37. The first kappa shape index (κ1) is 21.8. The van der Waals surface area contributed by atoms with Crippen molar-refractivity contribution in [1.29, 1.82) is 0 Å². The normalized spacial score (nSPS) is 23.8. The van der Waals surface area contributed by atoms with Crippen molar-refractivity contribution >= 4 is 12.4 Å². The molecule has 1 unspecified atom stereocenters. The standard InChI is InChI=1S/C28H34O3/c1-19-15-24-25(27(4,5)13-12-26(24,2)3)17-23(19)28(18-31-28)21-10-8-20(9-11-21)16-22(30)7-6-14-29/h8-11,14-17,30H,6-7,12-13,18H2,1-5H3/b22-16-. The van der Waals surface area contributed by atoms with E-state index in [-0.39, 0.29) is 22.2 Å². The van der Waals surface area contributed by atoms with Crippen molar-refractivity contribution in [2.24, 2.45) is 0 Å². The number of ether oxygens (including phenoxy) is 1. The van der Waals surface area contributed by atoms with Gasteiger partial charge in [-0.15, -0.1) is 0 Å². The van der Waals surface area contributed by atoms with Crippen LogP contribution >= 0.6 is 0 Å². The van der Waals surface area contributed by atoms with E-state index in [1.165, 1.54) is 35.1 Å². The first-order chi connectivity index (χ1) is 14.6. The number of carbonyl (C=O) groups is 1. The molecule has 1 fully saturated rings. The number of aliphatic hydroxyl groups is 1. The number of aliphatic hydroxyl groups excluding tert-OH is 1. The molecule has 1 aliphatic carbocycles. The Hall–Kier alpha value is -2.39. The van der Waals surface area contributed by atoms with Crippen LogP contribution < -0.4 is 0 Å². The lowest BCUT2D eigenvalue weighted by molar-refractivity contribution is -0.107. The van der Waals surface area contributed by atoms with Crippen LogP contribution in [0, 0.1) is 6.92 Å². The number of rotatable bonds is 6. The quantitative estimate of drug-likeness (QED) is 0.331. The molecule has 3 heteroatoms. The van der Waals surface area contributed by atoms with Gasteiger partial charge in [-0.3, -0.25) is 0 Å². The Morgan fingerprint density at radius 2 is 1.58 bits per heavy atom. The largest absolute Gasteiger partial charge is 0.512 e. The van der Waals surface area contributed by atoms with Gasteiger partial charge in [-0.1, -0.05) is 64.1 Å². The van der Waals surface area contributed by atoms with Crippen LogP contribution in [-0.4, -0.2) is 18.0 Å². The molecule has 0 bridgehead atoms. The van der Waals surface area contributed by atoms with Crippen molar-refractivity contribution in [2.45, 2.75) is 76.7 Å². The number of aldehydes is 1. The molecule has 2 aromatic rings. The van der Waals surface area contributed by atoms with E-state index in [0.717, 1.165) is 17.4 Å². The van der Waals surface area contributed by atoms with Gasteiger partial charge in [-0.05, 0) is 70.1 Å². The maximum absolute atomic E-state index is 10.5. The lowest BCUT2D eigenvalue weighted by atomic mass is 9.62. The van der Waals surface area contributed by atoms with Crippen molar-refractivity contribution in [3.8, 4) is 0 Å². The van der Waals surface area contributed by atoms with E-state index in [1.807, 2.05) is 12.1 Å². The van der Waals surface area contributed by atoms with Gasteiger partial charge < -0.3 is 14.6 Å². The monoisotopic (exact) mass is 418 g/mol. The van der Waals surface area contributed by atoms with Crippen molar-refractivity contribution in [1.82, 2.24) is 0 Å². The number of epoxide rings is 1. The predicted octanol–water partition coefficient (Wildman–Crippen LogP) is 6.50. The zero-order chi connectivity index (χ0) is 22.4. The summed E-state index contributed by atoms with van der Waals surface area (Å²) in [6, 6.07) is 13.0. The molecule has 1 aliphatic heterocycles. The minimum Gasteiger partial charge on any atom is -0.512 e. The highest BCUT2D eigenvalue weighted by Gasteiger charge is 2.50. The molecule has 0 radical (unpaired) electrons. The minimum absolute atomic E-state index is 0.164. The molecule has 1 atom stereocenters. The van der Waals surface area contributed by atoms with Crippen molar-refractivity contribution < 1.29 is 14.6 Å². The third-order valence-corrected chi connectivity index (χ3v) is 7.29. The first-order valence-corrected chi connectivity index (χ1v) is 11.3. The van der Waals surface area contributed by atoms with Crippen LogP contribution in [0.4, 0.5) is 0 Å². The second-order valence-corrected chi connectivity index (χ2v) is 10.6. The van der Waals surface area contributed by atoms with Crippen LogP contribution in [0.25, 0.3) is 6.08 Å². The molecule has 1 heterocycles. The average Bonchev–Trinajstić information content (AvgIpc) is 3.52. The van der Waals surface area contributed by atoms with Crippen LogP contribution in [0.1, 0.15) is 86.8 Å². The molecule has 31 heavy (non-hydrogen) atoms. The SMILES string of the molecule is Cc1cc2c(cc1C1(c3ccc(/C=C(\O)CCC=O)cc3)CO1)C(C)(C)CCC2(C)C. The molecule has 1 saturated heterocycles. The number of carbonyl (C=O) groups excluding carboxylic acids is 1. The minimum atomic E-state index is -0.376. The van der Waals surface area contributed by atoms with E-state index >= 15 is 0 Å². The summed E-state index contributed by atoms with van der Waals surface area (Å²) in [7, 11) is 0. The average molecular weight is 419 g/mol. The Balaban J connectivity index is 1.70. The fourth-order valence-corrected chi connectivity index (χ4v) is 5.03. The van der Waals surface area contributed by atoms with Gasteiger partial charge in [0.25, 0.3) is 0 Å². The molecule has 0 spiro atoms. The number of hydrogen-bond donors (Lipinski definition) is 1. The van der Waals surface area contributed by atoms with Gasteiger partial charge in [0.1, 0.15) is 11.9 Å². The van der Waals surface area contributed by atoms with Crippen molar-refractivity contribution in [3.63, 3.8) is 0 Å². The smallest absolute Gasteiger partial charge is 0.142 e. The molecular weight excluding hydrogens is 384 g/mol. The lowest BCUT2D eigenvalue weighted by Crippen LogP contribution is -2.34. The van der Waals surface area contributed by atoms with Gasteiger partial charge in [0.2, 0.25) is 0 Å². The van der Waals surface area contributed by atoms with Crippen LogP contribution in [-0.2, 0) is 26.0 Å². The molecule has 164 valence electrons. The zero-order valence-electron chi connectivity index (χ0n) is 19.4. The van der Waals surface area contributed by atoms with Gasteiger partial charge in [0, 0.05) is 12.8 Å². The fourth-order valence-electron chi connectivity index (χ4n) is 5.03. The van der Waals surface area contributed by atoms with Crippen LogP contribution in [0.15, 0.2) is 42.2 Å². The highest BCUT2D eigenvalue weighted by molar-refractivity contribution is 5.57. The Bertz CT molecular complexity index is 1020. The second kappa shape index (κ2) is 7.63.